The molecule has 3 aliphatic heterocycles. The number of rotatable bonds is 13. The Hall–Kier alpha value is -4.00. The Balaban J connectivity index is 0.992. The molecule has 3 aromatic rings. The summed E-state index contributed by atoms with van der Waals surface area (Å²) in [5, 5.41) is 5.73. The molecule has 2 amide bonds. The average Bonchev–Trinajstić information content (AvgIpc) is 3.62. The third-order valence-electron chi connectivity index (χ3n) is 12.8. The number of likely N-dealkylation sites (tertiary alicyclic amines) is 2. The Morgan fingerprint density at radius 3 is 2.17 bits per heavy atom. The fraction of sp³-hybridized carbons (Fsp3) is 0.524. The topological polar surface area (TPSA) is 111 Å². The molecule has 12 heteroatoms. The Kier molecular flexibility index (Phi) is 11.6. The van der Waals surface area contributed by atoms with E-state index in [1.165, 1.54) is 44.8 Å². The molecule has 0 unspecified atom stereocenters. The van der Waals surface area contributed by atoms with Crippen LogP contribution in [-0.4, -0.2) is 103 Å². The molecule has 7 rings (SSSR count). The number of sulfone groups is 1. The van der Waals surface area contributed by atoms with E-state index in [1.54, 1.807) is 24.3 Å². The molecule has 0 radical (unpaired) electrons. The van der Waals surface area contributed by atoms with Crippen LogP contribution >= 0.6 is 0 Å². The van der Waals surface area contributed by atoms with Crippen molar-refractivity contribution in [2.75, 3.05) is 71.4 Å². The van der Waals surface area contributed by atoms with Gasteiger partial charge in [-0.05, 0) is 149 Å². The number of hydrogen-bond donors (Lipinski definition) is 2. The SMILES string of the molecule is CNC(=O)c1ccc(S(=O)(=O)c2ccc(N3CC(CN4CCC([C@@](CCN5CCC5)(c5cccc(F)c5)[C@H]5CCC[C@@H]5NC(=O)OC)CC4)C3)cc2)cc1. The van der Waals surface area contributed by atoms with Crippen LogP contribution in [-0.2, 0) is 20.0 Å². The number of nitrogens with one attached hydrogen (secondary N) is 2. The van der Waals surface area contributed by atoms with Gasteiger partial charge in [-0.3, -0.25) is 4.79 Å². The highest BCUT2D eigenvalue weighted by Gasteiger charge is 2.52. The molecule has 290 valence electrons. The summed E-state index contributed by atoms with van der Waals surface area (Å²) in [6.45, 7) is 8.03. The minimum absolute atomic E-state index is 0.00733. The lowest BCUT2D eigenvalue weighted by atomic mass is 9.56. The number of hydrogen-bond acceptors (Lipinski definition) is 8. The standard InChI is InChI=1S/C42H54FN5O5S/c1-44-40(49)31-10-14-36(15-11-31)54(51,52)37-16-12-35(13-17-37)48-28-30(29-48)27-47-23-18-32(19-24-47)42(20-25-46-21-5-22-46,33-6-3-7-34(43)26-33)38-8-4-9-39(38)45-41(50)53-2/h3,6-7,10-17,26,30,32,38-39H,4-5,8-9,18-25,27-29H2,1-2H3,(H,44,49)(H,45,50)/t38-,39-,42-/m0/s1. The molecular formula is C42H54FN5O5S. The Labute approximate surface area is 319 Å². The number of carbonyl (C=O) groups excluding carboxylic acids is 2. The Morgan fingerprint density at radius 1 is 0.870 bits per heavy atom. The van der Waals surface area contributed by atoms with Gasteiger partial charge >= 0.3 is 6.09 Å². The summed E-state index contributed by atoms with van der Waals surface area (Å²) in [7, 11) is -0.752. The first-order valence-corrected chi connectivity index (χ1v) is 21.1. The molecule has 2 N–H and O–H groups in total. The lowest BCUT2D eigenvalue weighted by Crippen LogP contribution is -2.56. The zero-order chi connectivity index (χ0) is 37.9. The summed E-state index contributed by atoms with van der Waals surface area (Å²) in [5.41, 5.74) is 2.24. The predicted octanol–water partition coefficient (Wildman–Crippen LogP) is 5.72. The summed E-state index contributed by atoms with van der Waals surface area (Å²) in [4.78, 5) is 32.2. The number of benzene rings is 3. The van der Waals surface area contributed by atoms with Gasteiger partial charge in [-0.1, -0.05) is 18.6 Å². The van der Waals surface area contributed by atoms with Crippen molar-refractivity contribution in [2.45, 2.75) is 66.2 Å². The van der Waals surface area contributed by atoms with E-state index >= 15 is 4.39 Å². The van der Waals surface area contributed by atoms with Gasteiger partial charge in [0.05, 0.1) is 16.9 Å². The first-order chi connectivity index (χ1) is 26.1. The van der Waals surface area contributed by atoms with E-state index in [-0.39, 0.29) is 45.0 Å². The van der Waals surface area contributed by atoms with Gasteiger partial charge in [0.1, 0.15) is 5.82 Å². The largest absolute Gasteiger partial charge is 0.453 e. The smallest absolute Gasteiger partial charge is 0.407 e. The molecular weight excluding hydrogens is 706 g/mol. The number of amides is 2. The van der Waals surface area contributed by atoms with Crippen molar-refractivity contribution in [3.63, 3.8) is 0 Å². The maximum Gasteiger partial charge on any atom is 0.407 e. The molecule has 4 fully saturated rings. The number of halogens is 1. The highest BCUT2D eigenvalue weighted by Crippen LogP contribution is 2.53. The van der Waals surface area contributed by atoms with Crippen molar-refractivity contribution < 1.29 is 27.1 Å². The number of ether oxygens (including phenoxy) is 1. The normalized spacial score (nSPS) is 22.5. The van der Waals surface area contributed by atoms with Gasteiger partial charge in [-0.25, -0.2) is 17.6 Å². The molecule has 10 nitrogen and oxygen atoms in total. The van der Waals surface area contributed by atoms with Gasteiger partial charge in [0.2, 0.25) is 9.84 Å². The number of piperidine rings is 1. The van der Waals surface area contributed by atoms with Gasteiger partial charge in [-0.15, -0.1) is 0 Å². The second kappa shape index (κ2) is 16.4. The van der Waals surface area contributed by atoms with Crippen molar-refractivity contribution in [3.05, 3.63) is 89.7 Å². The van der Waals surface area contributed by atoms with Crippen LogP contribution in [0.25, 0.3) is 0 Å². The van der Waals surface area contributed by atoms with Gasteiger partial charge in [0.15, 0.2) is 0 Å². The van der Waals surface area contributed by atoms with Gasteiger partial charge in [0.25, 0.3) is 5.91 Å². The molecule has 3 aromatic carbocycles. The third kappa shape index (κ3) is 7.88. The van der Waals surface area contributed by atoms with Crippen LogP contribution in [0.2, 0.25) is 0 Å². The van der Waals surface area contributed by atoms with E-state index in [4.69, 9.17) is 4.74 Å². The first kappa shape index (κ1) is 38.3. The van der Waals surface area contributed by atoms with Crippen molar-refractivity contribution >= 4 is 27.5 Å². The summed E-state index contributed by atoms with van der Waals surface area (Å²) >= 11 is 0. The van der Waals surface area contributed by atoms with E-state index in [9.17, 15) is 18.0 Å². The van der Waals surface area contributed by atoms with Crippen LogP contribution in [0.3, 0.4) is 0 Å². The number of carbonyl (C=O) groups is 2. The summed E-state index contributed by atoms with van der Waals surface area (Å²) in [6.07, 6.45) is 6.78. The van der Waals surface area contributed by atoms with E-state index in [2.05, 4.69) is 31.4 Å². The zero-order valence-electron chi connectivity index (χ0n) is 31.5. The van der Waals surface area contributed by atoms with Crippen LogP contribution < -0.4 is 15.5 Å². The monoisotopic (exact) mass is 759 g/mol. The quantitative estimate of drug-likeness (QED) is 0.228. The minimum Gasteiger partial charge on any atom is -0.453 e. The highest BCUT2D eigenvalue weighted by atomic mass is 32.2. The van der Waals surface area contributed by atoms with Gasteiger partial charge in [-0.2, -0.15) is 0 Å². The minimum atomic E-state index is -3.71. The van der Waals surface area contributed by atoms with E-state index in [0.29, 0.717) is 17.4 Å². The highest BCUT2D eigenvalue weighted by molar-refractivity contribution is 7.91. The van der Waals surface area contributed by atoms with Gasteiger partial charge < -0.3 is 30.1 Å². The summed E-state index contributed by atoms with van der Waals surface area (Å²) in [5.74, 6) is 0.621. The lowest BCUT2D eigenvalue weighted by Gasteiger charge is -2.52. The molecule has 3 heterocycles. The average molecular weight is 760 g/mol. The fourth-order valence-corrected chi connectivity index (χ4v) is 11.0. The van der Waals surface area contributed by atoms with Crippen LogP contribution in [0.1, 0.15) is 60.9 Å². The van der Waals surface area contributed by atoms with Crippen molar-refractivity contribution in [3.8, 4) is 0 Å². The van der Waals surface area contributed by atoms with Crippen molar-refractivity contribution in [1.82, 2.24) is 20.4 Å². The second-order valence-electron chi connectivity index (χ2n) is 15.7. The number of alkyl carbamates (subject to hydrolysis) is 1. The molecule has 3 atom stereocenters. The van der Waals surface area contributed by atoms with Crippen molar-refractivity contribution in [2.24, 2.45) is 17.8 Å². The van der Waals surface area contributed by atoms with Crippen LogP contribution in [0.15, 0.2) is 82.6 Å². The van der Waals surface area contributed by atoms with Crippen LogP contribution in [0.5, 0.6) is 0 Å². The first-order valence-electron chi connectivity index (χ1n) is 19.6. The fourth-order valence-electron chi connectivity index (χ4n) is 9.77. The van der Waals surface area contributed by atoms with E-state index in [1.807, 2.05) is 18.2 Å². The molecule has 0 bridgehead atoms. The third-order valence-corrected chi connectivity index (χ3v) is 14.6. The molecule has 3 saturated heterocycles. The van der Waals surface area contributed by atoms with Gasteiger partial charge in [0, 0.05) is 55.3 Å². The molecule has 1 aliphatic carbocycles. The molecule has 4 aliphatic rings. The molecule has 0 aromatic heterocycles. The Morgan fingerprint density at radius 2 is 1.56 bits per heavy atom. The van der Waals surface area contributed by atoms with E-state index in [0.717, 1.165) is 102 Å². The Bertz CT molecular complexity index is 1880. The number of anilines is 1. The summed E-state index contributed by atoms with van der Waals surface area (Å²) in [6, 6.07) is 20.4. The van der Waals surface area contributed by atoms with Crippen LogP contribution in [0.4, 0.5) is 14.9 Å². The molecule has 0 spiro atoms. The predicted molar refractivity (Wildman–Crippen MR) is 207 cm³/mol. The molecule has 1 saturated carbocycles. The zero-order valence-corrected chi connectivity index (χ0v) is 32.3. The van der Waals surface area contributed by atoms with Crippen molar-refractivity contribution in [1.29, 1.82) is 0 Å². The second-order valence-corrected chi connectivity index (χ2v) is 17.7. The lowest BCUT2D eigenvalue weighted by molar-refractivity contribution is 0.0464. The van der Waals surface area contributed by atoms with E-state index < -0.39 is 9.84 Å². The number of nitrogens with zero attached hydrogens (tertiary/aromatic N) is 3. The molecule has 54 heavy (non-hydrogen) atoms. The maximum absolute atomic E-state index is 15.0. The summed E-state index contributed by atoms with van der Waals surface area (Å²) < 4.78 is 46.6. The van der Waals surface area contributed by atoms with Crippen LogP contribution in [0, 0.1) is 23.6 Å². The number of methoxy groups -OCH3 is 1. The maximum atomic E-state index is 15.0.